The van der Waals surface area contributed by atoms with Gasteiger partial charge in [-0.25, -0.2) is 4.79 Å². The van der Waals surface area contributed by atoms with Crippen LogP contribution in [0.3, 0.4) is 0 Å². The summed E-state index contributed by atoms with van der Waals surface area (Å²) in [7, 11) is 1.51. The van der Waals surface area contributed by atoms with E-state index in [2.05, 4.69) is 16.0 Å². The molecule has 3 aromatic carbocycles. The van der Waals surface area contributed by atoms with Crippen molar-refractivity contribution in [2.24, 2.45) is 0 Å². The second-order valence-corrected chi connectivity index (χ2v) is 9.55. The lowest BCUT2D eigenvalue weighted by Crippen LogP contribution is -2.56. The number of ether oxygens (including phenoxy) is 3. The molecule has 216 valence electrons. The summed E-state index contributed by atoms with van der Waals surface area (Å²) in [6.45, 7) is 6.48. The first-order chi connectivity index (χ1) is 19.8. The Bertz CT molecular complexity index is 1370. The quantitative estimate of drug-likeness (QED) is 0.274. The van der Waals surface area contributed by atoms with Gasteiger partial charge in [-0.1, -0.05) is 48.0 Å². The van der Waals surface area contributed by atoms with E-state index in [0.29, 0.717) is 41.6 Å². The molecule has 10 nitrogen and oxygen atoms in total. The Labute approximate surface area is 240 Å². The van der Waals surface area contributed by atoms with Crippen LogP contribution in [0.1, 0.15) is 31.4 Å². The summed E-state index contributed by atoms with van der Waals surface area (Å²) >= 11 is 0. The SMILES string of the molecule is CCOC(CN1C(=O)C(CC(=O)Nc2ccccc2OC)(NC(=O)Nc2ccc(C)cc2)c2ccccc21)OCC. The number of benzene rings is 3. The largest absolute Gasteiger partial charge is 0.495 e. The predicted octanol–water partition coefficient (Wildman–Crippen LogP) is 4.80. The molecule has 3 aromatic rings. The van der Waals surface area contributed by atoms with Gasteiger partial charge in [0.1, 0.15) is 5.75 Å². The van der Waals surface area contributed by atoms with E-state index in [1.54, 1.807) is 60.7 Å². The van der Waals surface area contributed by atoms with Crippen LogP contribution in [-0.2, 0) is 24.6 Å². The van der Waals surface area contributed by atoms with Crippen molar-refractivity contribution in [3.05, 3.63) is 83.9 Å². The third-order valence-corrected chi connectivity index (χ3v) is 6.74. The van der Waals surface area contributed by atoms with Crippen molar-refractivity contribution in [1.29, 1.82) is 0 Å². The summed E-state index contributed by atoms with van der Waals surface area (Å²) < 4.78 is 16.8. The highest BCUT2D eigenvalue weighted by Gasteiger charge is 2.53. The zero-order valence-electron chi connectivity index (χ0n) is 23.7. The van der Waals surface area contributed by atoms with Gasteiger partial charge in [0.2, 0.25) is 5.91 Å². The van der Waals surface area contributed by atoms with Crippen LogP contribution in [0.15, 0.2) is 72.8 Å². The number of hydrogen-bond acceptors (Lipinski definition) is 6. The summed E-state index contributed by atoms with van der Waals surface area (Å²) in [6, 6.07) is 20.7. The number of para-hydroxylation sites is 3. The smallest absolute Gasteiger partial charge is 0.320 e. The Morgan fingerprint density at radius 1 is 0.902 bits per heavy atom. The molecular weight excluding hydrogens is 524 g/mol. The van der Waals surface area contributed by atoms with E-state index in [1.807, 2.05) is 32.9 Å². The lowest BCUT2D eigenvalue weighted by molar-refractivity contribution is -0.138. The van der Waals surface area contributed by atoms with Gasteiger partial charge in [-0.3, -0.25) is 9.59 Å². The van der Waals surface area contributed by atoms with E-state index in [9.17, 15) is 14.4 Å². The molecule has 0 fully saturated rings. The molecule has 3 N–H and O–H groups in total. The fourth-order valence-corrected chi connectivity index (χ4v) is 4.89. The van der Waals surface area contributed by atoms with Gasteiger partial charge >= 0.3 is 6.03 Å². The van der Waals surface area contributed by atoms with Crippen molar-refractivity contribution in [3.8, 4) is 5.75 Å². The number of urea groups is 1. The topological polar surface area (TPSA) is 118 Å². The number of hydrogen-bond donors (Lipinski definition) is 3. The van der Waals surface area contributed by atoms with E-state index in [4.69, 9.17) is 14.2 Å². The van der Waals surface area contributed by atoms with Crippen LogP contribution in [0.25, 0.3) is 0 Å². The molecule has 1 unspecified atom stereocenters. The molecule has 10 heteroatoms. The maximum Gasteiger partial charge on any atom is 0.320 e. The van der Waals surface area contributed by atoms with Crippen LogP contribution in [0.5, 0.6) is 5.75 Å². The molecule has 1 aliphatic heterocycles. The first-order valence-electron chi connectivity index (χ1n) is 13.5. The number of carbonyl (C=O) groups excluding carboxylic acids is 3. The molecule has 4 rings (SSSR count). The standard InChI is InChI=1S/C31H36N4O6/c1-5-40-28(41-6-2)20-35-25-13-9-7-11-23(25)31(29(35)37,34-30(38)32-22-17-15-21(3)16-18-22)19-27(36)33-24-12-8-10-14-26(24)39-4/h7-18,28H,5-6,19-20H2,1-4H3,(H,33,36)(H2,32,34,38). The minimum Gasteiger partial charge on any atom is -0.495 e. The van der Waals surface area contributed by atoms with Gasteiger partial charge in [-0.05, 0) is 51.1 Å². The van der Waals surface area contributed by atoms with Crippen molar-refractivity contribution >= 4 is 34.9 Å². The molecule has 1 atom stereocenters. The molecule has 0 spiro atoms. The summed E-state index contributed by atoms with van der Waals surface area (Å²) in [6.07, 6.45) is -1.06. The molecular formula is C31H36N4O6. The molecule has 41 heavy (non-hydrogen) atoms. The van der Waals surface area contributed by atoms with Crippen molar-refractivity contribution < 1.29 is 28.6 Å². The van der Waals surface area contributed by atoms with Gasteiger partial charge in [0, 0.05) is 24.5 Å². The van der Waals surface area contributed by atoms with E-state index in [-0.39, 0.29) is 13.0 Å². The average molecular weight is 561 g/mol. The minimum absolute atomic E-state index is 0.0780. The molecule has 0 radical (unpaired) electrons. The Morgan fingerprint density at radius 2 is 1.56 bits per heavy atom. The Kier molecular flexibility index (Phi) is 9.59. The molecule has 0 saturated carbocycles. The molecule has 4 amide bonds. The van der Waals surface area contributed by atoms with Crippen LogP contribution >= 0.6 is 0 Å². The molecule has 0 bridgehead atoms. The van der Waals surface area contributed by atoms with Crippen LogP contribution < -0.4 is 25.6 Å². The number of nitrogens with one attached hydrogen (secondary N) is 3. The van der Waals surface area contributed by atoms with Gasteiger partial charge in [0.15, 0.2) is 11.8 Å². The second kappa shape index (κ2) is 13.3. The average Bonchev–Trinajstić information content (AvgIpc) is 3.17. The highest BCUT2D eigenvalue weighted by Crippen LogP contribution is 2.43. The normalized spacial score (nSPS) is 15.9. The fraction of sp³-hybridized carbons (Fsp3) is 0.323. The van der Waals surface area contributed by atoms with Crippen LogP contribution in [0.2, 0.25) is 0 Å². The number of aryl methyl sites for hydroxylation is 1. The Hall–Kier alpha value is -4.41. The maximum atomic E-state index is 14.3. The lowest BCUT2D eigenvalue weighted by Gasteiger charge is -2.30. The van der Waals surface area contributed by atoms with Crippen molar-refractivity contribution in [1.82, 2.24) is 5.32 Å². The zero-order chi connectivity index (χ0) is 29.4. The minimum atomic E-state index is -1.71. The molecule has 0 aliphatic carbocycles. The number of fused-ring (bicyclic) bond motifs is 1. The van der Waals surface area contributed by atoms with E-state index < -0.39 is 29.7 Å². The van der Waals surface area contributed by atoms with E-state index in [1.165, 1.54) is 12.0 Å². The highest BCUT2D eigenvalue weighted by atomic mass is 16.7. The first kappa shape index (κ1) is 29.6. The first-order valence-corrected chi connectivity index (χ1v) is 13.5. The van der Waals surface area contributed by atoms with Crippen molar-refractivity contribution in [2.45, 2.75) is 39.0 Å². The molecule has 1 aliphatic rings. The second-order valence-electron chi connectivity index (χ2n) is 9.55. The fourth-order valence-electron chi connectivity index (χ4n) is 4.89. The van der Waals surface area contributed by atoms with Gasteiger partial charge in [-0.2, -0.15) is 0 Å². The van der Waals surface area contributed by atoms with Gasteiger partial charge in [0.05, 0.1) is 31.5 Å². The number of carbonyl (C=O) groups is 3. The Morgan fingerprint density at radius 3 is 2.24 bits per heavy atom. The van der Waals surface area contributed by atoms with E-state index in [0.717, 1.165) is 5.56 Å². The number of nitrogens with zero attached hydrogens (tertiary/aromatic N) is 1. The van der Waals surface area contributed by atoms with Crippen LogP contribution in [0, 0.1) is 6.92 Å². The number of rotatable bonds is 12. The molecule has 0 aromatic heterocycles. The number of methoxy groups -OCH3 is 1. The summed E-state index contributed by atoms with van der Waals surface area (Å²) in [4.78, 5) is 42.8. The van der Waals surface area contributed by atoms with Crippen molar-refractivity contribution in [2.75, 3.05) is 42.4 Å². The van der Waals surface area contributed by atoms with Crippen LogP contribution in [-0.4, -0.2) is 51.0 Å². The number of anilines is 3. The third-order valence-electron chi connectivity index (χ3n) is 6.74. The summed E-state index contributed by atoms with van der Waals surface area (Å²) in [5, 5.41) is 8.48. The van der Waals surface area contributed by atoms with E-state index >= 15 is 0 Å². The predicted molar refractivity (Wildman–Crippen MR) is 157 cm³/mol. The molecule has 1 heterocycles. The lowest BCUT2D eigenvalue weighted by atomic mass is 9.87. The highest BCUT2D eigenvalue weighted by molar-refractivity contribution is 6.13. The Balaban J connectivity index is 1.70. The summed E-state index contributed by atoms with van der Waals surface area (Å²) in [5.74, 6) is -0.491. The van der Waals surface area contributed by atoms with Gasteiger partial charge < -0.3 is 35.1 Å². The zero-order valence-corrected chi connectivity index (χ0v) is 23.7. The van der Waals surface area contributed by atoms with Crippen LogP contribution in [0.4, 0.5) is 21.9 Å². The third kappa shape index (κ3) is 6.67. The summed E-state index contributed by atoms with van der Waals surface area (Å²) in [5.41, 5.74) is 1.37. The number of amides is 4. The maximum absolute atomic E-state index is 14.3. The van der Waals surface area contributed by atoms with Gasteiger partial charge in [-0.15, -0.1) is 0 Å². The van der Waals surface area contributed by atoms with Crippen molar-refractivity contribution in [3.63, 3.8) is 0 Å². The molecule has 0 saturated heterocycles. The van der Waals surface area contributed by atoms with Gasteiger partial charge in [0.25, 0.3) is 5.91 Å². The monoisotopic (exact) mass is 560 g/mol.